The van der Waals surface area contributed by atoms with Gasteiger partial charge >= 0.3 is 29.1 Å². The predicted molar refractivity (Wildman–Crippen MR) is 73.6 cm³/mol. The van der Waals surface area contributed by atoms with E-state index in [4.69, 9.17) is 0 Å². The van der Waals surface area contributed by atoms with Gasteiger partial charge in [-0.3, -0.25) is 4.79 Å². The van der Waals surface area contributed by atoms with Crippen LogP contribution in [0.25, 0.3) is 0 Å². The van der Waals surface area contributed by atoms with Gasteiger partial charge in [0.25, 0.3) is 0 Å². The highest BCUT2D eigenvalue weighted by Crippen LogP contribution is 2.38. The number of halogens is 5. The number of amides is 1. The van der Waals surface area contributed by atoms with Crippen LogP contribution in [-0.2, 0) is 29.2 Å². The van der Waals surface area contributed by atoms with Gasteiger partial charge in [0.1, 0.15) is 6.61 Å². The van der Waals surface area contributed by atoms with E-state index in [0.717, 1.165) is 6.92 Å². The first-order chi connectivity index (χ1) is 11.4. The highest BCUT2D eigenvalue weighted by molar-refractivity contribution is 7.86. The molecule has 1 atom stereocenters. The first-order valence-electron chi connectivity index (χ1n) is 6.61. The number of hydrogen-bond acceptors (Lipinski definition) is 7. The second-order valence-corrected chi connectivity index (χ2v) is 6.80. The monoisotopic (exact) mass is 412 g/mol. The van der Waals surface area contributed by atoms with Crippen molar-refractivity contribution in [3.63, 3.8) is 0 Å². The van der Waals surface area contributed by atoms with Gasteiger partial charge in [0.05, 0.1) is 0 Å². The molecule has 0 aromatic rings. The van der Waals surface area contributed by atoms with Crippen molar-refractivity contribution < 1.29 is 54.0 Å². The molecule has 0 aliphatic heterocycles. The minimum atomic E-state index is -6.43. The lowest BCUT2D eigenvalue weighted by Gasteiger charge is -2.35. The summed E-state index contributed by atoms with van der Waals surface area (Å²) in [6, 6.07) is -0.986. The molecule has 0 aliphatic carbocycles. The van der Waals surface area contributed by atoms with E-state index in [1.54, 1.807) is 5.32 Å². The maximum absolute atomic E-state index is 13.4. The van der Waals surface area contributed by atoms with Crippen molar-refractivity contribution in [1.29, 1.82) is 0 Å². The molecule has 26 heavy (non-hydrogen) atoms. The Kier molecular flexibility index (Phi) is 7.29. The van der Waals surface area contributed by atoms with Crippen molar-refractivity contribution in [1.82, 2.24) is 5.32 Å². The molecule has 0 heterocycles. The summed E-state index contributed by atoms with van der Waals surface area (Å²) in [5.74, 6) is -8.69. The number of nitrogens with one attached hydrogen (secondary N) is 1. The zero-order valence-electron chi connectivity index (χ0n) is 13.6. The zero-order valence-corrected chi connectivity index (χ0v) is 14.5. The summed E-state index contributed by atoms with van der Waals surface area (Å²) >= 11 is 0. The summed E-state index contributed by atoms with van der Waals surface area (Å²) in [6.45, 7) is 3.54. The van der Waals surface area contributed by atoms with Gasteiger partial charge in [-0.05, 0) is 20.8 Å². The first-order valence-corrected chi connectivity index (χ1v) is 8.02. The molecule has 0 aromatic heterocycles. The summed E-state index contributed by atoms with van der Waals surface area (Å²) < 4.78 is 105. The molecule has 0 rings (SSSR count). The fraction of sp³-hybridized carbons (Fsp3) is 0.667. The first kappa shape index (κ1) is 24.2. The maximum Gasteiger partial charge on any atom is 0.466 e. The Labute approximate surface area is 145 Å². The lowest BCUT2D eigenvalue weighted by Crippen LogP contribution is -2.63. The molecule has 8 nitrogen and oxygen atoms in total. The molecule has 0 fully saturated rings. The van der Waals surface area contributed by atoms with E-state index >= 15 is 0 Å². The largest absolute Gasteiger partial charge is 0.743 e. The molecule has 0 aliphatic rings. The fourth-order valence-electron chi connectivity index (χ4n) is 1.24. The Balaban J connectivity index is 6.15. The SMILES string of the molecule is C=C(C)C(=O)OC(OCC(F)(F)S(=O)(=O)[O-])(C(=O)NC(C)C)C(F)(F)F. The Morgan fingerprint density at radius 3 is 1.96 bits per heavy atom. The highest BCUT2D eigenvalue weighted by Gasteiger charge is 2.67. The van der Waals surface area contributed by atoms with Crippen LogP contribution in [0.15, 0.2) is 12.2 Å². The minimum Gasteiger partial charge on any atom is -0.743 e. The van der Waals surface area contributed by atoms with E-state index in [1.165, 1.54) is 13.8 Å². The maximum atomic E-state index is 13.4. The normalized spacial score (nSPS) is 15.3. The summed E-state index contributed by atoms with van der Waals surface area (Å²) in [5.41, 5.74) is -0.650. The molecule has 0 saturated heterocycles. The minimum absolute atomic E-state index is 0.650. The van der Waals surface area contributed by atoms with Gasteiger partial charge < -0.3 is 19.3 Å². The Morgan fingerprint density at radius 2 is 1.65 bits per heavy atom. The number of carbonyl (C=O) groups excluding carboxylic acids is 2. The topological polar surface area (TPSA) is 122 Å². The molecule has 1 N–H and O–H groups in total. The molecule has 0 saturated carbocycles. The molecule has 152 valence electrons. The van der Waals surface area contributed by atoms with Crippen LogP contribution >= 0.6 is 0 Å². The molecule has 1 amide bonds. The lowest BCUT2D eigenvalue weighted by atomic mass is 10.2. The molecule has 0 bridgehead atoms. The molecular formula is C12H15F5NO7S-. The average Bonchev–Trinajstić information content (AvgIpc) is 2.39. The van der Waals surface area contributed by atoms with Crippen molar-refractivity contribution in [2.45, 2.75) is 44.0 Å². The number of ether oxygens (including phenoxy) is 2. The van der Waals surface area contributed by atoms with Crippen molar-refractivity contribution >= 4 is 22.0 Å². The van der Waals surface area contributed by atoms with Crippen molar-refractivity contribution in [2.75, 3.05) is 6.61 Å². The van der Waals surface area contributed by atoms with Crippen molar-refractivity contribution in [2.24, 2.45) is 0 Å². The number of alkyl halides is 5. The van der Waals surface area contributed by atoms with Crippen molar-refractivity contribution in [3.05, 3.63) is 12.2 Å². The zero-order chi connectivity index (χ0) is 21.1. The molecule has 14 heteroatoms. The second kappa shape index (κ2) is 7.84. The molecule has 0 radical (unpaired) electrons. The molecular weight excluding hydrogens is 397 g/mol. The Bertz CT molecular complexity index is 674. The third kappa shape index (κ3) is 5.60. The third-order valence-electron chi connectivity index (χ3n) is 2.49. The van der Waals surface area contributed by atoms with E-state index in [0.29, 0.717) is 0 Å². The van der Waals surface area contributed by atoms with Crippen LogP contribution in [-0.4, -0.2) is 54.7 Å². The van der Waals surface area contributed by atoms with Gasteiger partial charge in [-0.25, -0.2) is 13.2 Å². The second-order valence-electron chi connectivity index (χ2n) is 5.29. The van der Waals surface area contributed by atoms with E-state index < -0.39 is 57.4 Å². The Hall–Kier alpha value is -1.80. The summed E-state index contributed by atoms with van der Waals surface area (Å²) in [4.78, 5) is 23.4. The van der Waals surface area contributed by atoms with E-state index in [2.05, 4.69) is 16.1 Å². The van der Waals surface area contributed by atoms with Crippen LogP contribution in [0, 0.1) is 0 Å². The van der Waals surface area contributed by atoms with Gasteiger partial charge in [-0.1, -0.05) is 6.58 Å². The number of esters is 1. The van der Waals surface area contributed by atoms with Crippen molar-refractivity contribution in [3.8, 4) is 0 Å². The number of rotatable bonds is 8. The van der Waals surface area contributed by atoms with Crippen LogP contribution < -0.4 is 5.32 Å². The van der Waals surface area contributed by atoms with E-state index in [9.17, 15) is 44.5 Å². The van der Waals surface area contributed by atoms with E-state index in [1.807, 2.05) is 0 Å². The number of carbonyl (C=O) groups is 2. The average molecular weight is 412 g/mol. The van der Waals surface area contributed by atoms with Gasteiger partial charge in [0, 0.05) is 11.6 Å². The molecule has 1 unspecified atom stereocenters. The van der Waals surface area contributed by atoms with Gasteiger partial charge in [0.15, 0.2) is 10.1 Å². The summed E-state index contributed by atoms with van der Waals surface area (Å²) in [7, 11) is -6.43. The van der Waals surface area contributed by atoms with Gasteiger partial charge in [-0.2, -0.15) is 22.0 Å². The number of hydrogen-bond donors (Lipinski definition) is 1. The van der Waals surface area contributed by atoms with Gasteiger partial charge in [0.2, 0.25) is 0 Å². The van der Waals surface area contributed by atoms with Crippen LogP contribution in [0.3, 0.4) is 0 Å². The third-order valence-corrected chi connectivity index (χ3v) is 3.34. The molecule has 0 aromatic carbocycles. The Morgan fingerprint density at radius 1 is 1.19 bits per heavy atom. The summed E-state index contributed by atoms with van der Waals surface area (Å²) in [6.07, 6.45) is -5.92. The van der Waals surface area contributed by atoms with Crippen LogP contribution in [0.1, 0.15) is 20.8 Å². The smallest absolute Gasteiger partial charge is 0.466 e. The standard InChI is InChI=1S/C12H16F5NO7S/c1-6(2)8(19)25-11(12(15,16)17,9(20)18-7(3)4)24-5-10(13,14)26(21,22)23/h7H,1,5H2,2-4H3,(H,18,20)(H,21,22,23)/p-1. The fourth-order valence-corrected chi connectivity index (χ4v) is 1.45. The quantitative estimate of drug-likeness (QED) is 0.208. The van der Waals surface area contributed by atoms with Crippen LogP contribution in [0.4, 0.5) is 22.0 Å². The van der Waals surface area contributed by atoms with Crippen LogP contribution in [0.2, 0.25) is 0 Å². The van der Waals surface area contributed by atoms with E-state index in [-0.39, 0.29) is 0 Å². The molecule has 0 spiro atoms. The lowest BCUT2D eigenvalue weighted by molar-refractivity contribution is -0.352. The highest BCUT2D eigenvalue weighted by atomic mass is 32.2. The summed E-state index contributed by atoms with van der Waals surface area (Å²) in [5, 5.41) is -3.69. The van der Waals surface area contributed by atoms with Gasteiger partial charge in [-0.15, -0.1) is 0 Å². The van der Waals surface area contributed by atoms with Crippen LogP contribution in [0.5, 0.6) is 0 Å². The predicted octanol–water partition coefficient (Wildman–Crippen LogP) is 1.04.